The van der Waals surface area contributed by atoms with E-state index in [4.69, 9.17) is 37.7 Å². The van der Waals surface area contributed by atoms with Crippen molar-refractivity contribution in [3.8, 4) is 17.2 Å². The highest BCUT2D eigenvalue weighted by atomic mass is 35.5. The summed E-state index contributed by atoms with van der Waals surface area (Å²) in [7, 11) is -8.37. The van der Waals surface area contributed by atoms with Crippen LogP contribution in [0.5, 0.6) is 17.2 Å². The standard InChI is InChI=1S/C20H22Cl2NO7PS/c1-12-3-2-4-14(7-12)23-32(28,29)19-10-15(5-6-18(19)24)30-20-16(21)8-13(9-17(20)22)11-31(25,26)27/h5-6,8-10,14,23-24H,1-4,7,11H2,(H2,25,26,27). The molecule has 1 saturated carbocycles. The van der Waals surface area contributed by atoms with Crippen molar-refractivity contribution in [3.63, 3.8) is 0 Å². The summed E-state index contributed by atoms with van der Waals surface area (Å²) in [4.78, 5) is 17.9. The highest BCUT2D eigenvalue weighted by Crippen LogP contribution is 2.44. The Morgan fingerprint density at radius 1 is 1.19 bits per heavy atom. The van der Waals surface area contributed by atoms with E-state index in [0.29, 0.717) is 12.8 Å². The van der Waals surface area contributed by atoms with Crippen molar-refractivity contribution in [2.75, 3.05) is 0 Å². The second-order valence-electron chi connectivity index (χ2n) is 7.61. The van der Waals surface area contributed by atoms with Crippen molar-refractivity contribution in [2.24, 2.45) is 0 Å². The summed E-state index contributed by atoms with van der Waals surface area (Å²) in [5.41, 5.74) is 1.18. The number of sulfonamides is 1. The summed E-state index contributed by atoms with van der Waals surface area (Å²) in [5, 5.41) is 10.1. The largest absolute Gasteiger partial charge is 0.507 e. The molecular weight excluding hydrogens is 500 g/mol. The molecule has 3 rings (SSSR count). The van der Waals surface area contributed by atoms with Crippen LogP contribution in [0.2, 0.25) is 10.0 Å². The Labute approximate surface area is 196 Å². The van der Waals surface area contributed by atoms with Crippen LogP contribution in [0.1, 0.15) is 31.2 Å². The van der Waals surface area contributed by atoms with Crippen molar-refractivity contribution in [3.05, 3.63) is 58.1 Å². The minimum absolute atomic E-state index is 0.0164. The molecule has 0 aromatic heterocycles. The molecule has 1 unspecified atom stereocenters. The minimum atomic E-state index is -4.32. The molecule has 32 heavy (non-hydrogen) atoms. The predicted molar refractivity (Wildman–Crippen MR) is 122 cm³/mol. The van der Waals surface area contributed by atoms with Gasteiger partial charge in [-0.25, -0.2) is 13.1 Å². The fourth-order valence-electron chi connectivity index (χ4n) is 3.46. The molecule has 0 saturated heterocycles. The summed E-state index contributed by atoms with van der Waals surface area (Å²) >= 11 is 12.3. The molecule has 174 valence electrons. The lowest BCUT2D eigenvalue weighted by atomic mass is 9.92. The number of benzene rings is 2. The topological polar surface area (TPSA) is 133 Å². The summed E-state index contributed by atoms with van der Waals surface area (Å²) in [6, 6.07) is 5.96. The van der Waals surface area contributed by atoms with Gasteiger partial charge in [-0.3, -0.25) is 4.57 Å². The molecule has 8 nitrogen and oxygen atoms in total. The van der Waals surface area contributed by atoms with Crippen molar-refractivity contribution in [2.45, 2.75) is 42.8 Å². The molecule has 1 aliphatic rings. The maximum Gasteiger partial charge on any atom is 0.329 e. The van der Waals surface area contributed by atoms with Gasteiger partial charge in [0.1, 0.15) is 16.4 Å². The van der Waals surface area contributed by atoms with Crippen LogP contribution >= 0.6 is 30.8 Å². The average molecular weight is 522 g/mol. The number of phenolic OH excluding ortho intramolecular Hbond substituents is 1. The minimum Gasteiger partial charge on any atom is -0.507 e. The first-order chi connectivity index (χ1) is 14.8. The van der Waals surface area contributed by atoms with E-state index in [9.17, 15) is 18.1 Å². The SMILES string of the molecule is C=C1CCCC(NS(=O)(=O)c2cc(Oc3c(Cl)cc(CP(=O)(O)O)cc3Cl)ccc2O)C1. The Morgan fingerprint density at radius 3 is 2.44 bits per heavy atom. The Balaban J connectivity index is 1.86. The van der Waals surface area contributed by atoms with Crippen LogP contribution in [0.4, 0.5) is 0 Å². The third kappa shape index (κ3) is 6.48. The third-order valence-electron chi connectivity index (χ3n) is 4.83. The number of hydrogen-bond acceptors (Lipinski definition) is 5. The molecule has 1 fully saturated rings. The molecule has 0 bridgehead atoms. The summed E-state index contributed by atoms with van der Waals surface area (Å²) < 4.78 is 45.2. The van der Waals surface area contributed by atoms with E-state index < -0.39 is 29.5 Å². The number of hydrogen-bond donors (Lipinski definition) is 4. The van der Waals surface area contributed by atoms with Crippen LogP contribution in [-0.2, 0) is 20.8 Å². The van der Waals surface area contributed by atoms with Gasteiger partial charge in [-0.2, -0.15) is 0 Å². The van der Waals surface area contributed by atoms with E-state index in [-0.39, 0.29) is 38.0 Å². The van der Waals surface area contributed by atoms with Crippen LogP contribution in [0, 0.1) is 0 Å². The maximum absolute atomic E-state index is 12.9. The van der Waals surface area contributed by atoms with E-state index in [0.717, 1.165) is 24.5 Å². The molecule has 2 aromatic rings. The zero-order chi connectivity index (χ0) is 23.7. The summed E-state index contributed by atoms with van der Waals surface area (Å²) in [6.45, 7) is 3.92. The van der Waals surface area contributed by atoms with Gasteiger partial charge < -0.3 is 19.6 Å². The molecule has 0 radical (unpaired) electrons. The molecule has 2 aromatic carbocycles. The van der Waals surface area contributed by atoms with E-state index in [1.165, 1.54) is 24.3 Å². The number of rotatable bonds is 7. The van der Waals surface area contributed by atoms with E-state index in [2.05, 4.69) is 11.3 Å². The second kappa shape index (κ2) is 9.73. The Morgan fingerprint density at radius 2 is 1.84 bits per heavy atom. The number of halogens is 2. The van der Waals surface area contributed by atoms with Crippen molar-refractivity contribution in [1.29, 1.82) is 0 Å². The molecule has 1 atom stereocenters. The van der Waals surface area contributed by atoms with Gasteiger partial charge in [0.2, 0.25) is 10.0 Å². The molecule has 0 amide bonds. The van der Waals surface area contributed by atoms with Gasteiger partial charge in [0.05, 0.1) is 16.2 Å². The van der Waals surface area contributed by atoms with Crippen molar-refractivity contribution < 1.29 is 32.6 Å². The Bertz CT molecular complexity index is 1170. The predicted octanol–water partition coefficient (Wildman–Crippen LogP) is 4.95. The summed E-state index contributed by atoms with van der Waals surface area (Å²) in [5.74, 6) is -0.426. The van der Waals surface area contributed by atoms with Gasteiger partial charge >= 0.3 is 7.60 Å². The van der Waals surface area contributed by atoms with E-state index in [1.54, 1.807) is 0 Å². The lowest BCUT2D eigenvalue weighted by Gasteiger charge is -2.24. The van der Waals surface area contributed by atoms with Crippen molar-refractivity contribution >= 4 is 40.8 Å². The second-order valence-corrected chi connectivity index (χ2v) is 11.7. The zero-order valence-corrected chi connectivity index (χ0v) is 20.0. The Kier molecular flexibility index (Phi) is 7.62. The lowest BCUT2D eigenvalue weighted by Crippen LogP contribution is -2.36. The molecule has 0 aliphatic heterocycles. The van der Waals surface area contributed by atoms with E-state index >= 15 is 0 Å². The lowest BCUT2D eigenvalue weighted by molar-refractivity contribution is 0.371. The maximum atomic E-state index is 12.9. The fraction of sp³-hybridized carbons (Fsp3) is 0.300. The first-order valence-corrected chi connectivity index (χ1v) is 13.6. The summed E-state index contributed by atoms with van der Waals surface area (Å²) in [6.07, 6.45) is 2.34. The van der Waals surface area contributed by atoms with E-state index in [1.807, 2.05) is 0 Å². The van der Waals surface area contributed by atoms with Crippen LogP contribution in [0.25, 0.3) is 0 Å². The monoisotopic (exact) mass is 521 g/mol. The zero-order valence-electron chi connectivity index (χ0n) is 16.8. The number of phenols is 1. The van der Waals surface area contributed by atoms with Gasteiger partial charge in [0.15, 0.2) is 5.75 Å². The normalized spacial score (nSPS) is 17.4. The average Bonchev–Trinajstić information content (AvgIpc) is 2.64. The molecule has 0 heterocycles. The highest BCUT2D eigenvalue weighted by molar-refractivity contribution is 7.89. The van der Waals surface area contributed by atoms with Crippen LogP contribution in [0.3, 0.4) is 0 Å². The van der Waals surface area contributed by atoms with Gasteiger partial charge in [-0.05, 0) is 55.5 Å². The first-order valence-electron chi connectivity index (χ1n) is 9.56. The molecule has 4 N–H and O–H groups in total. The van der Waals surface area contributed by atoms with Gasteiger partial charge in [-0.1, -0.05) is 35.4 Å². The number of nitrogens with one attached hydrogen (secondary N) is 1. The first kappa shape index (κ1) is 25.1. The third-order valence-corrected chi connectivity index (χ3v) is 7.72. The van der Waals surface area contributed by atoms with Crippen LogP contribution < -0.4 is 9.46 Å². The van der Waals surface area contributed by atoms with Gasteiger partial charge in [-0.15, -0.1) is 0 Å². The molecule has 1 aliphatic carbocycles. The smallest absolute Gasteiger partial charge is 0.329 e. The van der Waals surface area contributed by atoms with Crippen LogP contribution in [-0.4, -0.2) is 29.4 Å². The molecular formula is C20H22Cl2NO7PS. The van der Waals surface area contributed by atoms with Crippen LogP contribution in [0.15, 0.2) is 47.4 Å². The number of ether oxygens (including phenoxy) is 1. The fourth-order valence-corrected chi connectivity index (χ4v) is 6.11. The quantitative estimate of drug-likeness (QED) is 0.299. The Hall–Kier alpha value is -1.58. The molecule has 0 spiro atoms. The highest BCUT2D eigenvalue weighted by Gasteiger charge is 2.26. The number of aromatic hydroxyl groups is 1. The molecule has 12 heteroatoms. The van der Waals surface area contributed by atoms with Gasteiger partial charge in [0.25, 0.3) is 0 Å². The van der Waals surface area contributed by atoms with Gasteiger partial charge in [0, 0.05) is 12.1 Å². The van der Waals surface area contributed by atoms with Crippen molar-refractivity contribution in [1.82, 2.24) is 4.72 Å².